The summed E-state index contributed by atoms with van der Waals surface area (Å²) in [6.45, 7) is 3.97. The van der Waals surface area contributed by atoms with E-state index in [2.05, 4.69) is 5.32 Å². The maximum atomic E-state index is 10.6. The van der Waals surface area contributed by atoms with Crippen molar-refractivity contribution in [1.29, 1.82) is 5.41 Å². The lowest BCUT2D eigenvalue weighted by Gasteiger charge is -2.29. The minimum atomic E-state index is -0.248. The van der Waals surface area contributed by atoms with E-state index >= 15 is 0 Å². The van der Waals surface area contributed by atoms with Crippen LogP contribution in [0.1, 0.15) is 20.3 Å². The first kappa shape index (κ1) is 12.2. The summed E-state index contributed by atoms with van der Waals surface area (Å²) >= 11 is 0. The fourth-order valence-electron chi connectivity index (χ4n) is 1.32. The van der Waals surface area contributed by atoms with Crippen molar-refractivity contribution in [3.63, 3.8) is 0 Å². The highest BCUT2D eigenvalue weighted by atomic mass is 35.5. The van der Waals surface area contributed by atoms with Crippen molar-refractivity contribution in [3.8, 4) is 0 Å². The number of halogens is 1. The second-order valence-corrected chi connectivity index (χ2v) is 3.19. The highest BCUT2D eigenvalue weighted by Crippen LogP contribution is 2.15. The van der Waals surface area contributed by atoms with Crippen LogP contribution in [0.4, 0.5) is 0 Å². The highest BCUT2D eigenvalue weighted by molar-refractivity contribution is 5.85. The van der Waals surface area contributed by atoms with Gasteiger partial charge in [-0.3, -0.25) is 10.2 Å². The number of nitrogens with one attached hydrogen (secondary N) is 2. The van der Waals surface area contributed by atoms with Crippen molar-refractivity contribution in [3.05, 3.63) is 0 Å². The Labute approximate surface area is 84.0 Å². The summed E-state index contributed by atoms with van der Waals surface area (Å²) in [5.41, 5.74) is 0. The van der Waals surface area contributed by atoms with Gasteiger partial charge in [0, 0.05) is 19.3 Å². The van der Waals surface area contributed by atoms with Gasteiger partial charge in [-0.2, -0.15) is 0 Å². The monoisotopic (exact) mass is 206 g/mol. The molecule has 1 aliphatic rings. The van der Waals surface area contributed by atoms with Crippen molar-refractivity contribution < 1.29 is 9.53 Å². The number of esters is 1. The van der Waals surface area contributed by atoms with E-state index < -0.39 is 0 Å². The molecule has 0 bridgehead atoms. The van der Waals surface area contributed by atoms with E-state index in [-0.39, 0.29) is 30.4 Å². The Bertz CT molecular complexity index is 208. The quantitative estimate of drug-likeness (QED) is 0.628. The van der Waals surface area contributed by atoms with Crippen LogP contribution >= 0.6 is 12.4 Å². The molecule has 1 saturated heterocycles. The van der Waals surface area contributed by atoms with Crippen LogP contribution in [0, 0.1) is 11.3 Å². The third-order valence-electron chi connectivity index (χ3n) is 1.99. The summed E-state index contributed by atoms with van der Waals surface area (Å²) in [5.74, 6) is 0.538. The topological polar surface area (TPSA) is 62.2 Å². The average Bonchev–Trinajstić information content (AvgIpc) is 1.94. The van der Waals surface area contributed by atoms with Crippen molar-refractivity contribution in [2.45, 2.75) is 26.4 Å². The van der Waals surface area contributed by atoms with E-state index in [4.69, 9.17) is 10.1 Å². The van der Waals surface area contributed by atoms with Gasteiger partial charge < -0.3 is 10.1 Å². The van der Waals surface area contributed by atoms with E-state index in [0.717, 1.165) is 0 Å². The van der Waals surface area contributed by atoms with Crippen molar-refractivity contribution >= 4 is 24.2 Å². The summed E-state index contributed by atoms with van der Waals surface area (Å²) in [6.07, 6.45) is 0.592. The zero-order chi connectivity index (χ0) is 9.14. The molecule has 1 rings (SSSR count). The summed E-state index contributed by atoms with van der Waals surface area (Å²) in [7, 11) is 0. The molecule has 0 radical (unpaired) electrons. The predicted molar refractivity (Wildman–Crippen MR) is 52.3 cm³/mol. The van der Waals surface area contributed by atoms with E-state index in [9.17, 15) is 4.79 Å². The molecular formula is C8H15ClN2O2. The second kappa shape index (κ2) is 5.07. The number of amidine groups is 1. The molecule has 2 N–H and O–H groups in total. The van der Waals surface area contributed by atoms with Gasteiger partial charge in [0.1, 0.15) is 6.10 Å². The molecule has 0 aromatic heterocycles. The van der Waals surface area contributed by atoms with Gasteiger partial charge in [0.25, 0.3) is 0 Å². The minimum Gasteiger partial charge on any atom is -0.460 e. The second-order valence-electron chi connectivity index (χ2n) is 3.19. The summed E-state index contributed by atoms with van der Waals surface area (Å²) < 4.78 is 5.05. The number of piperidine rings is 1. The predicted octanol–water partition coefficient (Wildman–Crippen LogP) is 0.947. The van der Waals surface area contributed by atoms with Crippen LogP contribution in [0.25, 0.3) is 0 Å². The van der Waals surface area contributed by atoms with Crippen LogP contribution < -0.4 is 5.32 Å². The molecule has 1 fully saturated rings. The Morgan fingerprint density at radius 2 is 2.31 bits per heavy atom. The summed E-state index contributed by atoms with van der Waals surface area (Å²) in [6, 6.07) is 0. The van der Waals surface area contributed by atoms with E-state index in [0.29, 0.717) is 18.8 Å². The van der Waals surface area contributed by atoms with Crippen molar-refractivity contribution in [2.24, 2.45) is 5.92 Å². The molecule has 13 heavy (non-hydrogen) atoms. The Hall–Kier alpha value is -0.770. The number of carbonyl (C=O) groups excluding carboxylic acids is 1. The molecule has 2 atom stereocenters. The van der Waals surface area contributed by atoms with E-state index in [1.165, 1.54) is 6.92 Å². The molecule has 0 aromatic rings. The largest absolute Gasteiger partial charge is 0.460 e. The number of rotatable bonds is 1. The van der Waals surface area contributed by atoms with Gasteiger partial charge in [0.2, 0.25) is 0 Å². The normalized spacial score (nSPS) is 27.1. The lowest BCUT2D eigenvalue weighted by atomic mass is 9.96. The van der Waals surface area contributed by atoms with Gasteiger partial charge in [0.05, 0.1) is 12.4 Å². The van der Waals surface area contributed by atoms with Crippen LogP contribution in [0.15, 0.2) is 0 Å². The van der Waals surface area contributed by atoms with Gasteiger partial charge in [-0.15, -0.1) is 12.4 Å². The first-order chi connectivity index (χ1) is 5.59. The molecule has 4 nitrogen and oxygen atoms in total. The highest BCUT2D eigenvalue weighted by Gasteiger charge is 2.25. The number of hydrogen-bond acceptors (Lipinski definition) is 3. The molecule has 2 unspecified atom stereocenters. The zero-order valence-corrected chi connectivity index (χ0v) is 8.61. The van der Waals surface area contributed by atoms with Crippen molar-refractivity contribution in [1.82, 2.24) is 5.32 Å². The first-order valence-electron chi connectivity index (χ1n) is 4.08. The molecule has 0 amide bonds. The number of hydrogen-bond donors (Lipinski definition) is 2. The van der Waals surface area contributed by atoms with E-state index in [1.54, 1.807) is 0 Å². The van der Waals surface area contributed by atoms with Gasteiger partial charge in [-0.25, -0.2) is 0 Å². The summed E-state index contributed by atoms with van der Waals surface area (Å²) in [4.78, 5) is 10.6. The SMILES string of the molecule is CC(=O)OC1CNC(=N)CC1C.Cl. The first-order valence-corrected chi connectivity index (χ1v) is 4.08. The van der Waals surface area contributed by atoms with E-state index in [1.807, 2.05) is 6.92 Å². The number of carbonyl (C=O) groups is 1. The molecule has 1 heterocycles. The van der Waals surface area contributed by atoms with Gasteiger partial charge >= 0.3 is 5.97 Å². The van der Waals surface area contributed by atoms with Gasteiger partial charge in [-0.1, -0.05) is 6.92 Å². The van der Waals surface area contributed by atoms with Gasteiger partial charge in [-0.05, 0) is 0 Å². The van der Waals surface area contributed by atoms with Crippen LogP contribution in [0.3, 0.4) is 0 Å². The molecule has 0 aliphatic carbocycles. The molecule has 0 spiro atoms. The molecule has 0 saturated carbocycles. The maximum Gasteiger partial charge on any atom is 0.302 e. The van der Waals surface area contributed by atoms with Gasteiger partial charge in [0.15, 0.2) is 0 Å². The summed E-state index contributed by atoms with van der Waals surface area (Å²) in [5, 5.41) is 10.2. The molecule has 76 valence electrons. The van der Waals surface area contributed by atoms with Crippen LogP contribution in [-0.2, 0) is 9.53 Å². The zero-order valence-electron chi connectivity index (χ0n) is 7.79. The third-order valence-corrected chi connectivity index (χ3v) is 1.99. The van der Waals surface area contributed by atoms with Crippen molar-refractivity contribution in [2.75, 3.05) is 6.54 Å². The standard InChI is InChI=1S/C8H14N2O2.ClH/c1-5-3-8(9)10-4-7(5)12-6(2)11;/h5,7H,3-4H2,1-2H3,(H2,9,10);1H. The van der Waals surface area contributed by atoms with Crippen LogP contribution in [0.2, 0.25) is 0 Å². The Morgan fingerprint density at radius 1 is 1.69 bits per heavy atom. The van der Waals surface area contributed by atoms with Crippen LogP contribution in [0.5, 0.6) is 0 Å². The molecule has 5 heteroatoms. The Morgan fingerprint density at radius 3 is 2.77 bits per heavy atom. The number of ether oxygens (including phenoxy) is 1. The van der Waals surface area contributed by atoms with Crippen LogP contribution in [-0.4, -0.2) is 24.5 Å². The Kier molecular flexibility index (Phi) is 4.77. The molecular weight excluding hydrogens is 192 g/mol. The minimum absolute atomic E-state index is 0. The Balaban J connectivity index is 0.00000144. The average molecular weight is 207 g/mol. The molecule has 0 aromatic carbocycles. The smallest absolute Gasteiger partial charge is 0.302 e. The fourth-order valence-corrected chi connectivity index (χ4v) is 1.32. The fraction of sp³-hybridized carbons (Fsp3) is 0.750. The maximum absolute atomic E-state index is 10.6. The third kappa shape index (κ3) is 3.63. The lowest BCUT2D eigenvalue weighted by Crippen LogP contribution is -2.44. The lowest BCUT2D eigenvalue weighted by molar-refractivity contribution is -0.148. The molecule has 1 aliphatic heterocycles.